The second-order valence-electron chi connectivity index (χ2n) is 9.65. The Morgan fingerprint density at radius 1 is 1.12 bits per heavy atom. The number of halogens is 4. The number of amides is 2. The van der Waals surface area contributed by atoms with Gasteiger partial charge in [0.1, 0.15) is 11.9 Å². The number of nitrogens with one attached hydrogen (secondary N) is 2. The molecule has 9 nitrogen and oxygen atoms in total. The van der Waals surface area contributed by atoms with Gasteiger partial charge in [0.15, 0.2) is 11.5 Å². The molecule has 1 aliphatic heterocycles. The standard InChI is InChI=1S/C25H29FN4O3.C2HF3O2/c1-30-11-10-25(17-4-7-21(32-2)22(13-17)33-3)9-8-19(14-23(25)30)29-24(31)28-18-5-6-20(26)16(12-18)15-27;3-2(4,5)1(6)7/h4-7,12-13,19,23H,8-11,14H2,1-3H3,(H2,28,29,31);(H,6,7). The van der Waals surface area contributed by atoms with Crippen LogP contribution < -0.4 is 20.1 Å². The molecule has 0 spiro atoms. The normalized spacial score (nSPS) is 22.1. The number of likely N-dealkylation sites (N-methyl/N-ethyl adjacent to an activating group) is 1. The second-order valence-corrected chi connectivity index (χ2v) is 9.65. The largest absolute Gasteiger partial charge is 0.493 e. The van der Waals surface area contributed by atoms with Crippen molar-refractivity contribution in [3.05, 3.63) is 53.3 Å². The lowest BCUT2D eigenvalue weighted by atomic mass is 9.65. The van der Waals surface area contributed by atoms with Crippen LogP contribution in [-0.2, 0) is 10.2 Å². The molecule has 2 fully saturated rings. The second kappa shape index (κ2) is 12.4. The SMILES string of the molecule is COc1ccc(C23CCC(NC(=O)Nc4ccc(F)c(C#N)c4)CC2N(C)CC3)cc1OC.O=C(O)C(F)(F)F. The maximum atomic E-state index is 13.5. The number of carboxylic acid groups (broad SMARTS) is 1. The zero-order valence-corrected chi connectivity index (χ0v) is 22.1. The lowest BCUT2D eigenvalue weighted by Gasteiger charge is -2.45. The molecule has 3 unspecified atom stereocenters. The van der Waals surface area contributed by atoms with Crippen molar-refractivity contribution >= 4 is 17.7 Å². The van der Waals surface area contributed by atoms with Gasteiger partial charge in [-0.25, -0.2) is 14.0 Å². The molecule has 4 rings (SSSR count). The maximum absolute atomic E-state index is 13.5. The van der Waals surface area contributed by atoms with E-state index in [1.807, 2.05) is 6.07 Å². The van der Waals surface area contributed by atoms with Crippen molar-refractivity contribution in [3.8, 4) is 17.6 Å². The smallest absolute Gasteiger partial charge is 0.490 e. The highest BCUT2D eigenvalue weighted by atomic mass is 19.4. The van der Waals surface area contributed by atoms with Crippen LogP contribution in [0, 0.1) is 17.1 Å². The molecule has 2 aromatic rings. The molecule has 0 radical (unpaired) electrons. The van der Waals surface area contributed by atoms with Crippen molar-refractivity contribution in [2.75, 3.05) is 33.1 Å². The highest BCUT2D eigenvalue weighted by molar-refractivity contribution is 5.89. The predicted molar refractivity (Wildman–Crippen MR) is 137 cm³/mol. The van der Waals surface area contributed by atoms with Gasteiger partial charge in [-0.1, -0.05) is 6.07 Å². The van der Waals surface area contributed by atoms with Crippen molar-refractivity contribution in [1.29, 1.82) is 5.26 Å². The van der Waals surface area contributed by atoms with Crippen LogP contribution in [0.5, 0.6) is 11.5 Å². The van der Waals surface area contributed by atoms with Crippen LogP contribution in [0.3, 0.4) is 0 Å². The van der Waals surface area contributed by atoms with Gasteiger partial charge in [-0.2, -0.15) is 18.4 Å². The number of rotatable bonds is 5. The minimum atomic E-state index is -5.08. The number of hydrogen-bond acceptors (Lipinski definition) is 6. The number of likely N-dealkylation sites (tertiary alicyclic amines) is 1. The van der Waals surface area contributed by atoms with E-state index in [0.717, 1.165) is 38.0 Å². The van der Waals surface area contributed by atoms with E-state index < -0.39 is 18.0 Å². The number of hydrogen-bond donors (Lipinski definition) is 3. The molecule has 3 N–H and O–H groups in total. The molecule has 2 amide bonds. The van der Waals surface area contributed by atoms with E-state index >= 15 is 0 Å². The van der Waals surface area contributed by atoms with Crippen molar-refractivity contribution in [2.24, 2.45) is 0 Å². The first kappa shape index (κ1) is 30.5. The molecular weight excluding hydrogens is 536 g/mol. The number of anilines is 1. The summed E-state index contributed by atoms with van der Waals surface area (Å²) < 4.78 is 56.2. The minimum absolute atomic E-state index is 0.00160. The zero-order chi connectivity index (χ0) is 29.7. The molecule has 2 aromatic carbocycles. The Morgan fingerprint density at radius 3 is 2.40 bits per heavy atom. The van der Waals surface area contributed by atoms with Gasteiger partial charge in [0.25, 0.3) is 0 Å². The molecule has 1 heterocycles. The van der Waals surface area contributed by atoms with Crippen molar-refractivity contribution < 1.29 is 41.7 Å². The number of aliphatic carboxylic acids is 1. The van der Waals surface area contributed by atoms with Crippen LogP contribution >= 0.6 is 0 Å². The number of urea groups is 1. The van der Waals surface area contributed by atoms with E-state index in [2.05, 4.69) is 34.7 Å². The van der Waals surface area contributed by atoms with E-state index in [-0.39, 0.29) is 29.1 Å². The lowest BCUT2D eigenvalue weighted by molar-refractivity contribution is -0.192. The number of ether oxygens (including phenoxy) is 2. The van der Waals surface area contributed by atoms with Crippen molar-refractivity contribution in [1.82, 2.24) is 10.2 Å². The highest BCUT2D eigenvalue weighted by Gasteiger charge is 2.50. The van der Waals surface area contributed by atoms with Crippen LogP contribution in [0.2, 0.25) is 0 Å². The first-order chi connectivity index (χ1) is 18.8. The van der Waals surface area contributed by atoms with Gasteiger partial charge in [-0.3, -0.25) is 0 Å². The topological polar surface area (TPSA) is 124 Å². The molecule has 0 aromatic heterocycles. The Morgan fingerprint density at radius 2 is 1.80 bits per heavy atom. The third-order valence-corrected chi connectivity index (χ3v) is 7.41. The Kier molecular flexibility index (Phi) is 9.47. The monoisotopic (exact) mass is 566 g/mol. The average Bonchev–Trinajstić information content (AvgIpc) is 3.25. The number of carbonyl (C=O) groups is 2. The molecule has 1 saturated heterocycles. The van der Waals surface area contributed by atoms with Crippen LogP contribution in [-0.4, -0.2) is 68.1 Å². The summed E-state index contributed by atoms with van der Waals surface area (Å²) in [7, 11) is 5.42. The first-order valence-electron chi connectivity index (χ1n) is 12.3. The lowest BCUT2D eigenvalue weighted by Crippen LogP contribution is -2.52. The van der Waals surface area contributed by atoms with Crippen LogP contribution in [0.1, 0.15) is 36.8 Å². The van der Waals surface area contributed by atoms with Crippen LogP contribution in [0.25, 0.3) is 0 Å². The van der Waals surface area contributed by atoms with Gasteiger partial charge >= 0.3 is 18.2 Å². The summed E-state index contributed by atoms with van der Waals surface area (Å²) >= 11 is 0. The van der Waals surface area contributed by atoms with Gasteiger partial charge in [0.05, 0.1) is 19.8 Å². The summed E-state index contributed by atoms with van der Waals surface area (Å²) in [5, 5.41) is 21.9. The maximum Gasteiger partial charge on any atom is 0.490 e. The van der Waals surface area contributed by atoms with Crippen LogP contribution in [0.4, 0.5) is 28.0 Å². The van der Waals surface area contributed by atoms with Crippen molar-refractivity contribution in [2.45, 2.75) is 49.4 Å². The fourth-order valence-corrected chi connectivity index (χ4v) is 5.44. The van der Waals surface area contributed by atoms with Crippen LogP contribution in [0.15, 0.2) is 36.4 Å². The number of fused-ring (bicyclic) bond motifs is 1. The fourth-order valence-electron chi connectivity index (χ4n) is 5.44. The molecule has 3 atom stereocenters. The summed E-state index contributed by atoms with van der Waals surface area (Å²) in [5.74, 6) is -1.92. The first-order valence-corrected chi connectivity index (χ1v) is 12.3. The van der Waals surface area contributed by atoms with Gasteiger partial charge in [-0.15, -0.1) is 0 Å². The van der Waals surface area contributed by atoms with E-state index in [1.165, 1.54) is 23.8 Å². The molecule has 1 saturated carbocycles. The van der Waals surface area contributed by atoms with Gasteiger partial charge in [-0.05, 0) is 75.2 Å². The Hall–Kier alpha value is -4.05. The number of benzene rings is 2. The van der Waals surface area contributed by atoms with Gasteiger partial charge in [0.2, 0.25) is 0 Å². The van der Waals surface area contributed by atoms with Gasteiger partial charge < -0.3 is 30.1 Å². The quantitative estimate of drug-likeness (QED) is 0.450. The van der Waals surface area contributed by atoms with Gasteiger partial charge in [0, 0.05) is 23.2 Å². The van der Waals surface area contributed by atoms with E-state index in [1.54, 1.807) is 20.3 Å². The summed E-state index contributed by atoms with van der Waals surface area (Å²) in [5.41, 5.74) is 1.53. The summed E-state index contributed by atoms with van der Waals surface area (Å²) in [4.78, 5) is 23.9. The Bertz CT molecular complexity index is 1280. The molecule has 2 aliphatic rings. The third kappa shape index (κ3) is 6.74. The fraction of sp³-hybridized carbons (Fsp3) is 0.444. The third-order valence-electron chi connectivity index (χ3n) is 7.41. The summed E-state index contributed by atoms with van der Waals surface area (Å²) in [6, 6.07) is 11.9. The summed E-state index contributed by atoms with van der Waals surface area (Å²) in [6.07, 6.45) is -1.42. The molecule has 13 heteroatoms. The minimum Gasteiger partial charge on any atom is -0.493 e. The molecule has 40 heavy (non-hydrogen) atoms. The number of nitriles is 1. The van der Waals surface area contributed by atoms with Crippen molar-refractivity contribution in [3.63, 3.8) is 0 Å². The number of methoxy groups -OCH3 is 2. The molecule has 1 aliphatic carbocycles. The number of carbonyl (C=O) groups excluding carboxylic acids is 1. The Labute approximate surface area is 228 Å². The van der Waals surface area contributed by atoms with E-state index in [4.69, 9.17) is 24.6 Å². The number of carboxylic acids is 1. The average molecular weight is 567 g/mol. The molecule has 0 bridgehead atoms. The van der Waals surface area contributed by atoms with E-state index in [9.17, 15) is 22.4 Å². The molecular formula is C27H30F4N4O5. The zero-order valence-electron chi connectivity index (χ0n) is 22.1. The number of alkyl halides is 3. The highest BCUT2D eigenvalue weighted by Crippen LogP contribution is 2.49. The molecule has 216 valence electrons. The predicted octanol–water partition coefficient (Wildman–Crippen LogP) is 4.66. The van der Waals surface area contributed by atoms with E-state index in [0.29, 0.717) is 11.4 Å². The summed E-state index contributed by atoms with van der Waals surface area (Å²) in [6.45, 7) is 0.991. The number of nitrogens with zero attached hydrogens (tertiary/aromatic N) is 2. The Balaban J connectivity index is 0.000000559.